The fourth-order valence-corrected chi connectivity index (χ4v) is 3.00. The van der Waals surface area contributed by atoms with Crippen molar-refractivity contribution in [3.05, 3.63) is 36.4 Å². The molecule has 2 aliphatic rings. The standard InChI is InChI=1S/C15H16N2O4/c1-20-14(18)16-10-6-3-4-7-11(10)17(15(19)21-2)13-9-5-8-12(13)16/h3-8,12-13H,9H2,1-2H3. The highest BCUT2D eigenvalue weighted by atomic mass is 16.5. The Labute approximate surface area is 122 Å². The molecule has 2 atom stereocenters. The summed E-state index contributed by atoms with van der Waals surface area (Å²) in [5.41, 5.74) is 1.29. The van der Waals surface area contributed by atoms with Gasteiger partial charge in [-0.2, -0.15) is 0 Å². The fraction of sp³-hybridized carbons (Fsp3) is 0.333. The molecule has 3 rings (SSSR count). The minimum absolute atomic E-state index is 0.175. The van der Waals surface area contributed by atoms with E-state index in [1.165, 1.54) is 14.2 Å². The molecule has 110 valence electrons. The Morgan fingerprint density at radius 3 is 2.24 bits per heavy atom. The van der Waals surface area contributed by atoms with Gasteiger partial charge in [0, 0.05) is 0 Å². The first kappa shape index (κ1) is 13.5. The van der Waals surface area contributed by atoms with Crippen LogP contribution in [0.1, 0.15) is 6.42 Å². The van der Waals surface area contributed by atoms with Crippen LogP contribution in [0.25, 0.3) is 0 Å². The van der Waals surface area contributed by atoms with Gasteiger partial charge in [0.15, 0.2) is 0 Å². The number of para-hydroxylation sites is 2. The summed E-state index contributed by atoms with van der Waals surface area (Å²) in [6.45, 7) is 0. The van der Waals surface area contributed by atoms with Gasteiger partial charge in [0.05, 0.1) is 37.7 Å². The highest BCUT2D eigenvalue weighted by Gasteiger charge is 2.45. The molecule has 1 aliphatic heterocycles. The third kappa shape index (κ3) is 1.94. The molecule has 0 N–H and O–H groups in total. The Hall–Kier alpha value is -2.50. The molecular formula is C15H16N2O4. The van der Waals surface area contributed by atoms with Crippen LogP contribution in [0.4, 0.5) is 21.0 Å². The maximum Gasteiger partial charge on any atom is 0.414 e. The van der Waals surface area contributed by atoms with E-state index in [9.17, 15) is 9.59 Å². The normalized spacial score (nSPS) is 22.6. The Kier molecular flexibility index (Phi) is 3.29. The average molecular weight is 288 g/mol. The van der Waals surface area contributed by atoms with E-state index in [-0.39, 0.29) is 12.1 Å². The molecule has 0 saturated heterocycles. The van der Waals surface area contributed by atoms with E-state index in [4.69, 9.17) is 9.47 Å². The lowest BCUT2D eigenvalue weighted by Gasteiger charge is -2.43. The van der Waals surface area contributed by atoms with Gasteiger partial charge < -0.3 is 9.47 Å². The van der Waals surface area contributed by atoms with Crippen molar-refractivity contribution < 1.29 is 19.1 Å². The summed E-state index contributed by atoms with van der Waals surface area (Å²) in [6, 6.07) is 6.83. The number of amides is 2. The molecule has 6 nitrogen and oxygen atoms in total. The molecule has 0 spiro atoms. The Morgan fingerprint density at radius 2 is 1.62 bits per heavy atom. The molecule has 1 heterocycles. The maximum absolute atomic E-state index is 12.2. The lowest BCUT2D eigenvalue weighted by Crippen LogP contribution is -2.57. The Balaban J connectivity index is 2.15. The van der Waals surface area contributed by atoms with E-state index < -0.39 is 12.2 Å². The third-order valence-electron chi connectivity index (χ3n) is 3.88. The number of methoxy groups -OCH3 is 2. The van der Waals surface area contributed by atoms with Crippen LogP contribution in [0.5, 0.6) is 0 Å². The molecule has 2 amide bonds. The van der Waals surface area contributed by atoms with E-state index in [0.29, 0.717) is 17.8 Å². The van der Waals surface area contributed by atoms with E-state index in [1.807, 2.05) is 24.3 Å². The van der Waals surface area contributed by atoms with Crippen molar-refractivity contribution in [2.75, 3.05) is 24.0 Å². The van der Waals surface area contributed by atoms with Crippen molar-refractivity contribution in [3.63, 3.8) is 0 Å². The average Bonchev–Trinajstić information content (AvgIpc) is 2.99. The highest BCUT2D eigenvalue weighted by molar-refractivity contribution is 6.01. The van der Waals surface area contributed by atoms with E-state index in [1.54, 1.807) is 21.9 Å². The maximum atomic E-state index is 12.2. The topological polar surface area (TPSA) is 59.1 Å². The molecule has 0 radical (unpaired) electrons. The van der Waals surface area contributed by atoms with Gasteiger partial charge in [0.2, 0.25) is 0 Å². The van der Waals surface area contributed by atoms with Crippen molar-refractivity contribution in [1.29, 1.82) is 0 Å². The van der Waals surface area contributed by atoms with Crippen LogP contribution in [0.15, 0.2) is 36.4 Å². The van der Waals surface area contributed by atoms with Crippen LogP contribution in [-0.4, -0.2) is 38.5 Å². The van der Waals surface area contributed by atoms with Gasteiger partial charge >= 0.3 is 12.2 Å². The third-order valence-corrected chi connectivity index (χ3v) is 3.88. The number of carbonyl (C=O) groups is 2. The van der Waals surface area contributed by atoms with Crippen molar-refractivity contribution >= 4 is 23.6 Å². The quantitative estimate of drug-likeness (QED) is 0.688. The predicted octanol–water partition coefficient (Wildman–Crippen LogP) is 2.54. The number of carbonyl (C=O) groups excluding carboxylic acids is 2. The van der Waals surface area contributed by atoms with Crippen molar-refractivity contribution in [2.45, 2.75) is 18.5 Å². The molecule has 0 saturated carbocycles. The number of benzene rings is 1. The van der Waals surface area contributed by atoms with Gasteiger partial charge in [-0.3, -0.25) is 9.80 Å². The fourth-order valence-electron chi connectivity index (χ4n) is 3.00. The van der Waals surface area contributed by atoms with E-state index in [2.05, 4.69) is 0 Å². The predicted molar refractivity (Wildman–Crippen MR) is 77.5 cm³/mol. The molecule has 6 heteroatoms. The van der Waals surface area contributed by atoms with Crippen molar-refractivity contribution in [1.82, 2.24) is 0 Å². The van der Waals surface area contributed by atoms with Crippen LogP contribution in [0, 0.1) is 0 Å². The minimum atomic E-state index is -0.437. The zero-order chi connectivity index (χ0) is 15.0. The zero-order valence-electron chi connectivity index (χ0n) is 11.9. The van der Waals surface area contributed by atoms with Gasteiger partial charge in [0.25, 0.3) is 0 Å². The van der Waals surface area contributed by atoms with Crippen molar-refractivity contribution in [3.8, 4) is 0 Å². The first-order chi connectivity index (χ1) is 10.2. The molecule has 1 aliphatic carbocycles. The molecule has 1 aromatic carbocycles. The second-order valence-electron chi connectivity index (χ2n) is 4.89. The SMILES string of the molecule is COC(=O)N1c2ccccc2N(C(=O)OC)C2CC=CC21. The monoisotopic (exact) mass is 288 g/mol. The second-order valence-corrected chi connectivity index (χ2v) is 4.89. The first-order valence-corrected chi connectivity index (χ1v) is 6.69. The number of nitrogens with zero attached hydrogens (tertiary/aromatic N) is 2. The molecule has 0 aromatic heterocycles. The number of ether oxygens (including phenoxy) is 2. The summed E-state index contributed by atoms with van der Waals surface area (Å²) in [4.78, 5) is 27.5. The van der Waals surface area contributed by atoms with Gasteiger partial charge in [-0.05, 0) is 18.6 Å². The van der Waals surface area contributed by atoms with Crippen LogP contribution in [0.3, 0.4) is 0 Å². The summed E-state index contributed by atoms with van der Waals surface area (Å²) < 4.78 is 9.80. The molecule has 1 aromatic rings. The summed E-state index contributed by atoms with van der Waals surface area (Å²) in [6.07, 6.45) is 3.70. The van der Waals surface area contributed by atoms with E-state index in [0.717, 1.165) is 0 Å². The number of hydrogen-bond acceptors (Lipinski definition) is 4. The number of hydrogen-bond donors (Lipinski definition) is 0. The lowest BCUT2D eigenvalue weighted by molar-refractivity contribution is 0.168. The van der Waals surface area contributed by atoms with Crippen LogP contribution in [-0.2, 0) is 9.47 Å². The number of anilines is 2. The highest BCUT2D eigenvalue weighted by Crippen LogP contribution is 2.42. The molecule has 0 fully saturated rings. The van der Waals surface area contributed by atoms with Crippen molar-refractivity contribution in [2.24, 2.45) is 0 Å². The smallest absolute Gasteiger partial charge is 0.414 e. The second kappa shape index (κ2) is 5.12. The molecule has 0 bridgehead atoms. The zero-order valence-corrected chi connectivity index (χ0v) is 11.9. The summed E-state index contributed by atoms with van der Waals surface area (Å²) in [5, 5.41) is 0. The van der Waals surface area contributed by atoms with Crippen LogP contribution < -0.4 is 9.80 Å². The lowest BCUT2D eigenvalue weighted by atomic mass is 10.0. The van der Waals surface area contributed by atoms with Gasteiger partial charge in [-0.15, -0.1) is 0 Å². The molecule has 2 unspecified atom stereocenters. The molecular weight excluding hydrogens is 272 g/mol. The molecule has 21 heavy (non-hydrogen) atoms. The van der Waals surface area contributed by atoms with Crippen LogP contribution in [0.2, 0.25) is 0 Å². The number of rotatable bonds is 0. The minimum Gasteiger partial charge on any atom is -0.452 e. The summed E-state index contributed by atoms with van der Waals surface area (Å²) in [7, 11) is 2.71. The van der Waals surface area contributed by atoms with Gasteiger partial charge in [0.1, 0.15) is 0 Å². The van der Waals surface area contributed by atoms with E-state index >= 15 is 0 Å². The first-order valence-electron chi connectivity index (χ1n) is 6.69. The Bertz CT molecular complexity index is 613. The summed E-state index contributed by atoms with van der Waals surface area (Å²) >= 11 is 0. The summed E-state index contributed by atoms with van der Waals surface area (Å²) in [5.74, 6) is 0. The Morgan fingerprint density at radius 1 is 1.05 bits per heavy atom. The number of fused-ring (bicyclic) bond motifs is 2. The van der Waals surface area contributed by atoms with Gasteiger partial charge in [-0.25, -0.2) is 9.59 Å². The van der Waals surface area contributed by atoms with Gasteiger partial charge in [-0.1, -0.05) is 24.3 Å². The largest absolute Gasteiger partial charge is 0.452 e. The van der Waals surface area contributed by atoms with Crippen LogP contribution >= 0.6 is 0 Å².